The molecule has 1 saturated heterocycles. The van der Waals surface area contributed by atoms with E-state index in [1.165, 1.54) is 16.9 Å². The molecule has 2 aromatic carbocycles. The average molecular weight is 392 g/mol. The highest BCUT2D eigenvalue weighted by Crippen LogP contribution is 2.19. The van der Waals surface area contributed by atoms with E-state index in [-0.39, 0.29) is 35.1 Å². The quantitative estimate of drug-likeness (QED) is 0.720. The maximum Gasteiger partial charge on any atom is 0.257 e. The van der Waals surface area contributed by atoms with Crippen molar-refractivity contribution in [1.82, 2.24) is 19.6 Å². The lowest BCUT2D eigenvalue weighted by Crippen LogP contribution is -2.51. The van der Waals surface area contributed by atoms with Crippen molar-refractivity contribution in [2.24, 2.45) is 0 Å². The van der Waals surface area contributed by atoms with E-state index in [1.807, 2.05) is 0 Å². The van der Waals surface area contributed by atoms with E-state index in [2.05, 4.69) is 5.10 Å². The van der Waals surface area contributed by atoms with Crippen LogP contribution in [0.3, 0.4) is 0 Å². The van der Waals surface area contributed by atoms with Gasteiger partial charge in [0.15, 0.2) is 0 Å². The zero-order valence-corrected chi connectivity index (χ0v) is 15.7. The predicted molar refractivity (Wildman–Crippen MR) is 107 cm³/mol. The molecule has 0 spiro atoms. The number of benzene rings is 2. The number of carbonyl (C=O) groups is 2. The molecule has 0 unspecified atom stereocenters. The summed E-state index contributed by atoms with van der Waals surface area (Å²) in [6, 6.07) is 13.5. The van der Waals surface area contributed by atoms with E-state index in [9.17, 15) is 19.5 Å². The van der Waals surface area contributed by atoms with E-state index in [4.69, 9.17) is 0 Å². The number of rotatable bonds is 3. The summed E-state index contributed by atoms with van der Waals surface area (Å²) in [6.07, 6.45) is 1.22. The van der Waals surface area contributed by atoms with Crippen LogP contribution in [-0.4, -0.2) is 62.7 Å². The van der Waals surface area contributed by atoms with Crippen LogP contribution in [-0.2, 0) is 11.3 Å². The Morgan fingerprint density at radius 3 is 2.34 bits per heavy atom. The third kappa shape index (κ3) is 3.69. The highest BCUT2D eigenvalue weighted by Gasteiger charge is 2.26. The molecule has 0 radical (unpaired) electrons. The van der Waals surface area contributed by atoms with Gasteiger partial charge in [-0.2, -0.15) is 5.10 Å². The zero-order chi connectivity index (χ0) is 20.4. The fourth-order valence-electron chi connectivity index (χ4n) is 3.50. The number of para-hydroxylation sites is 2. The number of phenolic OH excluding ortho intramolecular Hbond substituents is 1. The van der Waals surface area contributed by atoms with Gasteiger partial charge in [0.1, 0.15) is 12.3 Å². The van der Waals surface area contributed by atoms with Gasteiger partial charge in [0.05, 0.1) is 17.3 Å². The number of piperazine rings is 1. The summed E-state index contributed by atoms with van der Waals surface area (Å²) in [7, 11) is 0. The molecule has 8 nitrogen and oxygen atoms in total. The number of amides is 2. The summed E-state index contributed by atoms with van der Waals surface area (Å²) in [5, 5.41) is 14.5. The maximum absolute atomic E-state index is 12.7. The largest absolute Gasteiger partial charge is 0.507 e. The second-order valence-corrected chi connectivity index (χ2v) is 6.87. The first-order chi connectivity index (χ1) is 14.0. The normalized spacial score (nSPS) is 14.2. The van der Waals surface area contributed by atoms with Crippen molar-refractivity contribution < 1.29 is 14.7 Å². The molecule has 148 valence electrons. The Bertz CT molecular complexity index is 1130. The third-order valence-electron chi connectivity index (χ3n) is 5.10. The van der Waals surface area contributed by atoms with Gasteiger partial charge in [-0.25, -0.2) is 0 Å². The lowest BCUT2D eigenvalue weighted by molar-refractivity contribution is -0.133. The average Bonchev–Trinajstić information content (AvgIpc) is 2.76. The first-order valence-electron chi connectivity index (χ1n) is 9.34. The summed E-state index contributed by atoms with van der Waals surface area (Å²) in [6.45, 7) is 1.59. The first-order valence-corrected chi connectivity index (χ1v) is 9.34. The van der Waals surface area contributed by atoms with Gasteiger partial charge in [0, 0.05) is 31.6 Å². The SMILES string of the molecule is O=C(Cn1ncc(=O)c2ccccc21)N1CCN(C(=O)c2ccccc2O)CC1. The Labute approximate surface area is 166 Å². The minimum absolute atomic E-state index is 0.0220. The van der Waals surface area contributed by atoms with Crippen LogP contribution in [0.4, 0.5) is 0 Å². The summed E-state index contributed by atoms with van der Waals surface area (Å²) in [4.78, 5) is 40.6. The molecule has 1 aliphatic heterocycles. The van der Waals surface area contributed by atoms with Crippen LogP contribution in [0.5, 0.6) is 5.75 Å². The molecule has 3 aromatic rings. The molecule has 2 amide bonds. The van der Waals surface area contributed by atoms with Crippen molar-refractivity contribution in [2.75, 3.05) is 26.2 Å². The molecule has 2 heterocycles. The fourth-order valence-corrected chi connectivity index (χ4v) is 3.50. The molecule has 1 N–H and O–H groups in total. The summed E-state index contributed by atoms with van der Waals surface area (Å²) in [5.41, 5.74) is 0.693. The van der Waals surface area contributed by atoms with Crippen molar-refractivity contribution >= 4 is 22.7 Å². The lowest BCUT2D eigenvalue weighted by Gasteiger charge is -2.35. The predicted octanol–water partition coefficient (Wildman–Crippen LogP) is 1.09. The highest BCUT2D eigenvalue weighted by atomic mass is 16.3. The van der Waals surface area contributed by atoms with Crippen molar-refractivity contribution in [3.05, 3.63) is 70.5 Å². The molecule has 8 heteroatoms. The first kappa shape index (κ1) is 18.7. The Hall–Kier alpha value is -3.68. The standard InChI is InChI=1S/C21H20N4O4/c26-18-8-4-2-6-16(18)21(29)24-11-9-23(10-12-24)20(28)14-25-17-7-3-1-5-15(17)19(27)13-22-25/h1-8,13,26H,9-12,14H2. The molecule has 0 bridgehead atoms. The number of carbonyl (C=O) groups excluding carboxylic acids is 2. The second kappa shape index (κ2) is 7.75. The Morgan fingerprint density at radius 2 is 1.59 bits per heavy atom. The van der Waals surface area contributed by atoms with Gasteiger partial charge in [-0.15, -0.1) is 0 Å². The number of fused-ring (bicyclic) bond motifs is 1. The van der Waals surface area contributed by atoms with Gasteiger partial charge in [-0.1, -0.05) is 24.3 Å². The molecule has 0 aliphatic carbocycles. The molecule has 1 aliphatic rings. The van der Waals surface area contributed by atoms with E-state index < -0.39 is 0 Å². The van der Waals surface area contributed by atoms with E-state index in [0.29, 0.717) is 37.1 Å². The van der Waals surface area contributed by atoms with Crippen LogP contribution < -0.4 is 5.43 Å². The van der Waals surface area contributed by atoms with Gasteiger partial charge in [0.2, 0.25) is 11.3 Å². The van der Waals surface area contributed by atoms with E-state index >= 15 is 0 Å². The molecular weight excluding hydrogens is 372 g/mol. The highest BCUT2D eigenvalue weighted by molar-refractivity contribution is 5.97. The monoisotopic (exact) mass is 392 g/mol. The summed E-state index contributed by atoms with van der Waals surface area (Å²) >= 11 is 0. The number of nitrogens with zero attached hydrogens (tertiary/aromatic N) is 4. The fraction of sp³-hybridized carbons (Fsp3) is 0.238. The van der Waals surface area contributed by atoms with Crippen molar-refractivity contribution in [3.8, 4) is 5.75 Å². The van der Waals surface area contributed by atoms with Gasteiger partial charge in [0.25, 0.3) is 5.91 Å². The summed E-state index contributed by atoms with van der Waals surface area (Å²) in [5.74, 6) is -0.420. The topological polar surface area (TPSA) is 95.7 Å². The minimum Gasteiger partial charge on any atom is -0.507 e. The van der Waals surface area contributed by atoms with Crippen molar-refractivity contribution in [2.45, 2.75) is 6.54 Å². The van der Waals surface area contributed by atoms with Gasteiger partial charge >= 0.3 is 0 Å². The number of aromatic nitrogens is 2. The van der Waals surface area contributed by atoms with Crippen LogP contribution in [0.15, 0.2) is 59.5 Å². The lowest BCUT2D eigenvalue weighted by atomic mass is 10.1. The van der Waals surface area contributed by atoms with Gasteiger partial charge in [-0.05, 0) is 24.3 Å². The number of phenols is 1. The minimum atomic E-state index is -0.247. The van der Waals surface area contributed by atoms with Crippen LogP contribution in [0, 0.1) is 0 Å². The molecule has 4 rings (SSSR count). The smallest absolute Gasteiger partial charge is 0.257 e. The van der Waals surface area contributed by atoms with E-state index in [1.54, 1.807) is 52.3 Å². The Balaban J connectivity index is 1.42. The Kier molecular flexibility index (Phi) is 4.99. The molecule has 0 atom stereocenters. The zero-order valence-electron chi connectivity index (χ0n) is 15.7. The second-order valence-electron chi connectivity index (χ2n) is 6.87. The maximum atomic E-state index is 12.7. The van der Waals surface area contributed by atoms with Gasteiger partial charge < -0.3 is 14.9 Å². The molecule has 0 saturated carbocycles. The summed E-state index contributed by atoms with van der Waals surface area (Å²) < 4.78 is 1.53. The van der Waals surface area contributed by atoms with E-state index in [0.717, 1.165) is 0 Å². The number of aromatic hydroxyl groups is 1. The molecule has 29 heavy (non-hydrogen) atoms. The third-order valence-corrected chi connectivity index (χ3v) is 5.10. The Morgan fingerprint density at radius 1 is 0.931 bits per heavy atom. The molecule has 1 fully saturated rings. The van der Waals surface area contributed by atoms with Crippen LogP contribution >= 0.6 is 0 Å². The molecular formula is C21H20N4O4. The van der Waals surface area contributed by atoms with Crippen LogP contribution in [0.1, 0.15) is 10.4 Å². The van der Waals surface area contributed by atoms with Crippen molar-refractivity contribution in [1.29, 1.82) is 0 Å². The molecule has 1 aromatic heterocycles. The van der Waals surface area contributed by atoms with Crippen molar-refractivity contribution in [3.63, 3.8) is 0 Å². The number of hydrogen-bond donors (Lipinski definition) is 1. The van der Waals surface area contributed by atoms with Crippen LogP contribution in [0.25, 0.3) is 10.9 Å². The number of hydrogen-bond acceptors (Lipinski definition) is 5. The van der Waals surface area contributed by atoms with Crippen LogP contribution in [0.2, 0.25) is 0 Å². The van der Waals surface area contributed by atoms with Gasteiger partial charge in [-0.3, -0.25) is 19.1 Å².